The molecular weight excluding hydrogens is 379 g/mol. The van der Waals surface area contributed by atoms with E-state index in [9.17, 15) is 0 Å². The van der Waals surface area contributed by atoms with Gasteiger partial charge in [0, 0.05) is 0 Å². The number of piperidine rings is 1. The fraction of sp³-hybridized carbons (Fsp3) is 1.00. The normalized spacial score (nSPS) is 42.9. The summed E-state index contributed by atoms with van der Waals surface area (Å²) >= 11 is 0.177. The van der Waals surface area contributed by atoms with Crippen LogP contribution < -0.4 is 26.5 Å². The molecule has 2 spiro atoms. The Balaban J connectivity index is 1.26. The van der Waals surface area contributed by atoms with Crippen LogP contribution in [0.15, 0.2) is 0 Å². The zero-order chi connectivity index (χ0) is 14.3. The second kappa shape index (κ2) is 5.89. The number of halogens is 1. The number of rotatable bonds is 3. The van der Waals surface area contributed by atoms with Gasteiger partial charge in [0.1, 0.15) is 0 Å². The molecular formula is C16H28IN2O2-. The van der Waals surface area contributed by atoms with E-state index >= 15 is 0 Å². The number of hydrogen-bond donors (Lipinski definition) is 1. The number of nitrogens with one attached hydrogen (secondary N) is 1. The van der Waals surface area contributed by atoms with Crippen molar-refractivity contribution >= 4 is 0 Å². The van der Waals surface area contributed by atoms with Gasteiger partial charge in [-0.05, 0) is 0 Å². The van der Waals surface area contributed by atoms with Crippen LogP contribution in [-0.2, 0) is 9.47 Å². The average molecular weight is 407 g/mol. The molecule has 0 aromatic carbocycles. The molecule has 4 aliphatic rings. The molecule has 1 saturated carbocycles. The van der Waals surface area contributed by atoms with Crippen molar-refractivity contribution in [2.24, 2.45) is 5.41 Å². The summed E-state index contributed by atoms with van der Waals surface area (Å²) in [5.41, 5.74) is 0.664. The molecule has 0 radical (unpaired) electrons. The van der Waals surface area contributed by atoms with Crippen molar-refractivity contribution in [3.05, 3.63) is 0 Å². The quantitative estimate of drug-likeness (QED) is 0.452. The third-order valence-electron chi connectivity index (χ3n) is 5.89. The van der Waals surface area contributed by atoms with Crippen molar-refractivity contribution in [3.8, 4) is 0 Å². The Labute approximate surface area is 138 Å². The summed E-state index contributed by atoms with van der Waals surface area (Å²) in [6, 6.07) is 0.836. The van der Waals surface area contributed by atoms with Gasteiger partial charge >= 0.3 is 138 Å². The van der Waals surface area contributed by atoms with E-state index in [-0.39, 0.29) is 27.0 Å². The summed E-state index contributed by atoms with van der Waals surface area (Å²) in [5.74, 6) is -0.202. The molecule has 1 atom stereocenters. The van der Waals surface area contributed by atoms with E-state index in [1.54, 1.807) is 0 Å². The van der Waals surface area contributed by atoms with Gasteiger partial charge in [0.2, 0.25) is 0 Å². The molecule has 3 saturated heterocycles. The van der Waals surface area contributed by atoms with E-state index in [2.05, 4.69) is 17.1 Å². The molecule has 0 aromatic heterocycles. The molecule has 3 aliphatic heterocycles. The summed E-state index contributed by atoms with van der Waals surface area (Å²) in [7, 11) is 0. The van der Waals surface area contributed by atoms with Crippen LogP contribution in [0.25, 0.3) is 0 Å². The van der Waals surface area contributed by atoms with Crippen molar-refractivity contribution in [2.45, 2.75) is 55.0 Å². The van der Waals surface area contributed by atoms with E-state index < -0.39 is 0 Å². The molecule has 1 aliphatic carbocycles. The zero-order valence-electron chi connectivity index (χ0n) is 13.1. The van der Waals surface area contributed by atoms with Gasteiger partial charge in [-0.25, -0.2) is 0 Å². The molecule has 5 heteroatoms. The van der Waals surface area contributed by atoms with Crippen LogP contribution in [0.1, 0.15) is 39.0 Å². The van der Waals surface area contributed by atoms with Crippen molar-refractivity contribution < 1.29 is 30.7 Å². The van der Waals surface area contributed by atoms with E-state index in [4.69, 9.17) is 9.47 Å². The predicted octanol–water partition coefficient (Wildman–Crippen LogP) is -1.60. The molecule has 0 aromatic rings. The maximum atomic E-state index is 6.29. The minimum atomic E-state index is -0.202. The first kappa shape index (κ1) is 15.1. The van der Waals surface area contributed by atoms with Gasteiger partial charge in [-0.15, -0.1) is 0 Å². The topological polar surface area (TPSA) is 33.7 Å². The molecule has 1 unspecified atom stereocenters. The number of likely N-dealkylation sites (tertiary alicyclic amines) is 1. The summed E-state index contributed by atoms with van der Waals surface area (Å²) < 4.78 is 14.1. The molecule has 4 fully saturated rings. The third-order valence-corrected chi connectivity index (χ3v) is 8.37. The van der Waals surface area contributed by atoms with E-state index in [1.807, 2.05) is 0 Å². The van der Waals surface area contributed by atoms with Gasteiger partial charge < -0.3 is 0 Å². The molecule has 4 nitrogen and oxygen atoms in total. The Kier molecular flexibility index (Phi) is 4.24. The second-order valence-electron chi connectivity index (χ2n) is 7.20. The van der Waals surface area contributed by atoms with Crippen LogP contribution in [0.3, 0.4) is 0 Å². The fourth-order valence-electron chi connectivity index (χ4n) is 4.60. The van der Waals surface area contributed by atoms with Crippen molar-refractivity contribution in [1.82, 2.24) is 10.2 Å². The Hall–Kier alpha value is 0.570. The first-order chi connectivity index (χ1) is 10.2. The van der Waals surface area contributed by atoms with Crippen LogP contribution in [0.5, 0.6) is 0 Å². The summed E-state index contributed by atoms with van der Waals surface area (Å²) in [6.07, 6.45) is 6.39. The minimum absolute atomic E-state index is 0.177. The molecule has 0 bridgehead atoms. The number of nitrogens with zero attached hydrogens (tertiary/aromatic N) is 1. The Morgan fingerprint density at radius 2 is 2.05 bits per heavy atom. The van der Waals surface area contributed by atoms with E-state index in [0.29, 0.717) is 9.53 Å². The average Bonchev–Trinajstić information content (AvgIpc) is 3.07. The van der Waals surface area contributed by atoms with Crippen LogP contribution >= 0.6 is 0 Å². The molecule has 122 valence electrons. The first-order valence-electron chi connectivity index (χ1n) is 8.57. The van der Waals surface area contributed by atoms with E-state index in [1.165, 1.54) is 49.9 Å². The van der Waals surface area contributed by atoms with Crippen LogP contribution in [-0.4, -0.2) is 58.1 Å². The number of hydrogen-bond acceptors (Lipinski definition) is 4. The fourth-order valence-corrected chi connectivity index (χ4v) is 6.66. The Morgan fingerprint density at radius 3 is 2.71 bits per heavy atom. The zero-order valence-corrected chi connectivity index (χ0v) is 15.2. The summed E-state index contributed by atoms with van der Waals surface area (Å²) in [6.45, 7) is 7.97. The first-order valence-corrected chi connectivity index (χ1v) is 11.3. The summed E-state index contributed by atoms with van der Waals surface area (Å²) in [4.78, 5) is 2.71. The monoisotopic (exact) mass is 407 g/mol. The molecule has 0 amide bonds. The van der Waals surface area contributed by atoms with Gasteiger partial charge in [0.15, 0.2) is 0 Å². The second-order valence-corrected chi connectivity index (χ2v) is 11.0. The summed E-state index contributed by atoms with van der Waals surface area (Å²) in [5, 5.41) is 3.54. The van der Waals surface area contributed by atoms with Gasteiger partial charge in [0.25, 0.3) is 0 Å². The van der Waals surface area contributed by atoms with Gasteiger partial charge in [0.05, 0.1) is 0 Å². The number of alkyl halides is 2. The standard InChI is InChI=1S/C16H28IN2O2/c1-2-17-14-11-20-16(21-14)4-7-19(8-5-16)13-9-15(10-13)3-6-18-12-15/h13-14,18H,2-12H2,1H3/q-1. The van der Waals surface area contributed by atoms with Gasteiger partial charge in [-0.3, -0.25) is 0 Å². The number of ether oxygens (including phenoxy) is 2. The van der Waals surface area contributed by atoms with Crippen LogP contribution in [0.4, 0.5) is 0 Å². The van der Waals surface area contributed by atoms with Crippen LogP contribution in [0.2, 0.25) is 0 Å². The van der Waals surface area contributed by atoms with Crippen molar-refractivity contribution in [2.75, 3.05) is 37.2 Å². The molecule has 3 heterocycles. The van der Waals surface area contributed by atoms with Gasteiger partial charge in [-0.1, -0.05) is 0 Å². The SMILES string of the molecule is CC[I-]C1COC2(CCN(C3CC4(CCNC4)C3)CC2)O1. The molecule has 21 heavy (non-hydrogen) atoms. The molecule has 1 N–H and O–H groups in total. The van der Waals surface area contributed by atoms with Crippen molar-refractivity contribution in [1.29, 1.82) is 0 Å². The van der Waals surface area contributed by atoms with Crippen molar-refractivity contribution in [3.63, 3.8) is 0 Å². The van der Waals surface area contributed by atoms with Gasteiger partial charge in [-0.2, -0.15) is 0 Å². The predicted molar refractivity (Wildman–Crippen MR) is 77.8 cm³/mol. The third kappa shape index (κ3) is 2.89. The Morgan fingerprint density at radius 1 is 1.24 bits per heavy atom. The molecule has 4 rings (SSSR count). The maximum absolute atomic E-state index is 6.29. The van der Waals surface area contributed by atoms with E-state index in [0.717, 1.165) is 25.5 Å². The Bertz CT molecular complexity index is 370. The van der Waals surface area contributed by atoms with Crippen LogP contribution in [0, 0.1) is 5.41 Å².